The second-order valence-electron chi connectivity index (χ2n) is 4.90. The standard InChI is InChI=1S/C10H19F3N2O2/c1-6(7(14)10(11,12)13)15(5)8(16)17-9(2,3)4/h6-7H,14H2,1-5H3. The lowest BCUT2D eigenvalue weighted by Gasteiger charge is -2.32. The molecule has 1 amide bonds. The van der Waals surface area contributed by atoms with Gasteiger partial charge in [-0.2, -0.15) is 13.2 Å². The molecule has 0 aromatic heterocycles. The van der Waals surface area contributed by atoms with Crippen molar-refractivity contribution in [3.05, 3.63) is 0 Å². The van der Waals surface area contributed by atoms with Gasteiger partial charge < -0.3 is 15.4 Å². The molecule has 0 saturated heterocycles. The highest BCUT2D eigenvalue weighted by Gasteiger charge is 2.43. The molecular formula is C10H19F3N2O2. The van der Waals surface area contributed by atoms with Crippen LogP contribution in [0.25, 0.3) is 0 Å². The van der Waals surface area contributed by atoms with Crippen molar-refractivity contribution in [2.24, 2.45) is 5.73 Å². The first-order valence-corrected chi connectivity index (χ1v) is 5.14. The van der Waals surface area contributed by atoms with Crippen LogP contribution in [0.1, 0.15) is 27.7 Å². The lowest BCUT2D eigenvalue weighted by atomic mass is 10.1. The first kappa shape index (κ1) is 16.0. The zero-order valence-corrected chi connectivity index (χ0v) is 10.6. The van der Waals surface area contributed by atoms with Crippen molar-refractivity contribution in [2.45, 2.75) is 51.6 Å². The van der Waals surface area contributed by atoms with Crippen molar-refractivity contribution in [3.8, 4) is 0 Å². The van der Waals surface area contributed by atoms with E-state index in [1.165, 1.54) is 14.0 Å². The highest BCUT2D eigenvalue weighted by molar-refractivity contribution is 5.68. The molecule has 2 unspecified atom stereocenters. The van der Waals surface area contributed by atoms with Crippen LogP contribution < -0.4 is 5.73 Å². The lowest BCUT2D eigenvalue weighted by molar-refractivity contribution is -0.158. The van der Waals surface area contributed by atoms with E-state index in [1.807, 2.05) is 0 Å². The van der Waals surface area contributed by atoms with E-state index in [-0.39, 0.29) is 0 Å². The fraction of sp³-hybridized carbons (Fsp3) is 0.900. The third-order valence-electron chi connectivity index (χ3n) is 2.19. The first-order chi connectivity index (χ1) is 7.36. The van der Waals surface area contributed by atoms with E-state index >= 15 is 0 Å². The van der Waals surface area contributed by atoms with Gasteiger partial charge in [0.25, 0.3) is 0 Å². The van der Waals surface area contributed by atoms with Crippen LogP contribution in [-0.2, 0) is 4.74 Å². The average molecular weight is 256 g/mol. The molecule has 17 heavy (non-hydrogen) atoms. The number of rotatable bonds is 2. The minimum atomic E-state index is -4.55. The van der Waals surface area contributed by atoms with Crippen molar-refractivity contribution in [2.75, 3.05) is 7.05 Å². The minimum absolute atomic E-state index is 0.757. The van der Waals surface area contributed by atoms with Crippen molar-refractivity contribution in [3.63, 3.8) is 0 Å². The van der Waals surface area contributed by atoms with Crippen molar-refractivity contribution >= 4 is 6.09 Å². The van der Waals surface area contributed by atoms with Crippen molar-refractivity contribution in [1.82, 2.24) is 4.90 Å². The summed E-state index contributed by atoms with van der Waals surface area (Å²) in [6.45, 7) is 6.12. The molecule has 7 heteroatoms. The molecule has 0 aromatic rings. The number of carbonyl (C=O) groups excluding carboxylic acids is 1. The molecule has 0 bridgehead atoms. The summed E-state index contributed by atoms with van der Waals surface area (Å²) in [5.41, 5.74) is 4.27. The number of amides is 1. The predicted octanol–water partition coefficient (Wildman–Crippen LogP) is 2.13. The molecule has 0 fully saturated rings. The second-order valence-corrected chi connectivity index (χ2v) is 4.90. The molecule has 102 valence electrons. The normalized spacial score (nSPS) is 16.3. The molecule has 0 aliphatic heterocycles. The highest BCUT2D eigenvalue weighted by atomic mass is 19.4. The van der Waals surface area contributed by atoms with Crippen molar-refractivity contribution in [1.29, 1.82) is 0 Å². The lowest BCUT2D eigenvalue weighted by Crippen LogP contribution is -2.54. The largest absolute Gasteiger partial charge is 0.444 e. The van der Waals surface area contributed by atoms with Crippen LogP contribution in [0, 0.1) is 0 Å². The molecular weight excluding hydrogens is 237 g/mol. The Balaban J connectivity index is 4.61. The quantitative estimate of drug-likeness (QED) is 0.823. The molecule has 0 aromatic carbocycles. The molecule has 4 nitrogen and oxygen atoms in total. The van der Waals surface area contributed by atoms with Gasteiger partial charge in [-0.3, -0.25) is 0 Å². The molecule has 2 atom stereocenters. The van der Waals surface area contributed by atoms with Gasteiger partial charge in [0.2, 0.25) is 0 Å². The van der Waals surface area contributed by atoms with E-state index in [0.29, 0.717) is 0 Å². The average Bonchev–Trinajstić information content (AvgIpc) is 2.10. The van der Waals surface area contributed by atoms with Gasteiger partial charge in [-0.25, -0.2) is 4.79 Å². The third kappa shape index (κ3) is 5.25. The number of carbonyl (C=O) groups is 1. The Morgan fingerprint density at radius 2 is 1.71 bits per heavy atom. The van der Waals surface area contributed by atoms with Crippen LogP contribution >= 0.6 is 0 Å². The Bertz CT molecular complexity index is 274. The molecule has 0 rings (SSSR count). The van der Waals surface area contributed by atoms with E-state index in [1.54, 1.807) is 20.8 Å². The Morgan fingerprint density at radius 1 is 1.29 bits per heavy atom. The highest BCUT2D eigenvalue weighted by Crippen LogP contribution is 2.23. The van der Waals surface area contributed by atoms with E-state index in [0.717, 1.165) is 4.90 Å². The number of nitrogens with two attached hydrogens (primary N) is 1. The predicted molar refractivity (Wildman–Crippen MR) is 57.5 cm³/mol. The topological polar surface area (TPSA) is 55.6 Å². The number of alkyl halides is 3. The Kier molecular flexibility index (Phi) is 4.82. The number of hydrogen-bond acceptors (Lipinski definition) is 3. The van der Waals surface area contributed by atoms with Gasteiger partial charge in [0.05, 0.1) is 6.04 Å². The van der Waals surface area contributed by atoms with E-state index in [9.17, 15) is 18.0 Å². The molecule has 0 heterocycles. The van der Waals surface area contributed by atoms with Crippen LogP contribution in [0.15, 0.2) is 0 Å². The van der Waals surface area contributed by atoms with Crippen LogP contribution in [0.3, 0.4) is 0 Å². The van der Waals surface area contributed by atoms with Crippen LogP contribution in [0.4, 0.5) is 18.0 Å². The fourth-order valence-corrected chi connectivity index (χ4v) is 1.01. The van der Waals surface area contributed by atoms with Crippen LogP contribution in [0.2, 0.25) is 0 Å². The summed E-state index contributed by atoms with van der Waals surface area (Å²) >= 11 is 0. The molecule has 0 spiro atoms. The summed E-state index contributed by atoms with van der Waals surface area (Å²) in [6, 6.07) is -3.29. The third-order valence-corrected chi connectivity index (χ3v) is 2.19. The Hall–Kier alpha value is -0.980. The van der Waals surface area contributed by atoms with Gasteiger partial charge in [0, 0.05) is 7.05 Å². The summed E-state index contributed by atoms with van der Waals surface area (Å²) in [6.07, 6.45) is -5.37. The van der Waals surface area contributed by atoms with Gasteiger partial charge in [0.15, 0.2) is 0 Å². The van der Waals surface area contributed by atoms with Gasteiger partial charge in [-0.05, 0) is 27.7 Å². The molecule has 2 N–H and O–H groups in total. The number of nitrogens with zero attached hydrogens (tertiary/aromatic N) is 1. The maximum absolute atomic E-state index is 12.4. The number of likely N-dealkylation sites (N-methyl/N-ethyl adjacent to an activating group) is 1. The van der Waals surface area contributed by atoms with Crippen molar-refractivity contribution < 1.29 is 22.7 Å². The molecule has 0 aliphatic rings. The Labute approximate surface area is 98.9 Å². The van der Waals surface area contributed by atoms with E-state index in [4.69, 9.17) is 10.5 Å². The summed E-state index contributed by atoms with van der Waals surface area (Å²) in [5, 5.41) is 0. The number of ether oxygens (including phenoxy) is 1. The van der Waals surface area contributed by atoms with Crippen LogP contribution in [0.5, 0.6) is 0 Å². The summed E-state index contributed by atoms with van der Waals surface area (Å²) < 4.78 is 42.0. The Morgan fingerprint density at radius 3 is 2.00 bits per heavy atom. The first-order valence-electron chi connectivity index (χ1n) is 5.14. The summed E-state index contributed by atoms with van der Waals surface area (Å²) in [4.78, 5) is 12.4. The van der Waals surface area contributed by atoms with Crippen LogP contribution in [-0.4, -0.2) is 41.9 Å². The molecule has 0 radical (unpaired) electrons. The molecule has 0 saturated carbocycles. The maximum atomic E-state index is 12.4. The zero-order chi connectivity index (χ0) is 14.0. The van der Waals surface area contributed by atoms with E-state index in [2.05, 4.69) is 0 Å². The summed E-state index contributed by atoms with van der Waals surface area (Å²) in [7, 11) is 1.23. The number of halogens is 3. The maximum Gasteiger partial charge on any atom is 0.410 e. The van der Waals surface area contributed by atoms with E-state index < -0.39 is 30.0 Å². The smallest absolute Gasteiger partial charge is 0.410 e. The summed E-state index contributed by atoms with van der Waals surface area (Å²) in [5.74, 6) is 0. The second kappa shape index (κ2) is 5.12. The minimum Gasteiger partial charge on any atom is -0.444 e. The van der Waals surface area contributed by atoms with Gasteiger partial charge in [-0.15, -0.1) is 0 Å². The molecule has 0 aliphatic carbocycles. The zero-order valence-electron chi connectivity index (χ0n) is 10.6. The van der Waals surface area contributed by atoms with Gasteiger partial charge in [0.1, 0.15) is 11.6 Å². The SMILES string of the molecule is CC(C(N)C(F)(F)F)N(C)C(=O)OC(C)(C)C. The van der Waals surface area contributed by atoms with Gasteiger partial charge >= 0.3 is 12.3 Å². The monoisotopic (exact) mass is 256 g/mol. The number of hydrogen-bond donors (Lipinski definition) is 1. The van der Waals surface area contributed by atoms with Gasteiger partial charge in [-0.1, -0.05) is 0 Å². The fourth-order valence-electron chi connectivity index (χ4n) is 1.01.